The van der Waals surface area contributed by atoms with Crippen LogP contribution < -0.4 is 10.6 Å². The van der Waals surface area contributed by atoms with Gasteiger partial charge in [-0.15, -0.1) is 0 Å². The fourth-order valence-electron chi connectivity index (χ4n) is 3.81. The summed E-state index contributed by atoms with van der Waals surface area (Å²) >= 11 is 0. The Morgan fingerprint density at radius 3 is 2.48 bits per heavy atom. The Labute approximate surface area is 193 Å². The van der Waals surface area contributed by atoms with Gasteiger partial charge in [0.15, 0.2) is 0 Å². The van der Waals surface area contributed by atoms with Gasteiger partial charge in [0.1, 0.15) is 6.04 Å². The van der Waals surface area contributed by atoms with Crippen molar-refractivity contribution in [2.45, 2.75) is 37.2 Å². The predicted molar refractivity (Wildman–Crippen MR) is 126 cm³/mol. The van der Waals surface area contributed by atoms with Gasteiger partial charge in [-0.3, -0.25) is 13.9 Å². The van der Waals surface area contributed by atoms with E-state index in [0.29, 0.717) is 0 Å². The SMILES string of the molecule is Cc1ccc(S(=O)(=O)N2C=CNC(=O)[C@H]2CC(=O)N[C@@H](C)c2ccc3ccccc3c2)cc1. The first-order valence-corrected chi connectivity index (χ1v) is 12.0. The van der Waals surface area contributed by atoms with E-state index in [2.05, 4.69) is 10.6 Å². The fraction of sp³-hybridized carbons (Fsp3) is 0.200. The molecule has 1 heterocycles. The Morgan fingerprint density at radius 1 is 1.06 bits per heavy atom. The second-order valence-corrected chi connectivity index (χ2v) is 9.93. The lowest BCUT2D eigenvalue weighted by atomic mass is 10.0. The smallest absolute Gasteiger partial charge is 0.264 e. The summed E-state index contributed by atoms with van der Waals surface area (Å²) < 4.78 is 27.3. The van der Waals surface area contributed by atoms with Crippen molar-refractivity contribution < 1.29 is 18.0 Å². The van der Waals surface area contributed by atoms with Crippen LogP contribution in [-0.2, 0) is 19.6 Å². The molecular formula is C25H25N3O4S. The zero-order valence-electron chi connectivity index (χ0n) is 18.4. The van der Waals surface area contributed by atoms with Gasteiger partial charge in [0.2, 0.25) is 11.8 Å². The van der Waals surface area contributed by atoms with Crippen LogP contribution in [0.15, 0.2) is 84.0 Å². The number of amides is 2. The first-order valence-electron chi connectivity index (χ1n) is 10.6. The van der Waals surface area contributed by atoms with Crippen LogP contribution in [0.25, 0.3) is 10.8 Å². The monoisotopic (exact) mass is 463 g/mol. The number of aryl methyl sites for hydroxylation is 1. The van der Waals surface area contributed by atoms with Gasteiger partial charge < -0.3 is 10.6 Å². The molecule has 0 bridgehead atoms. The van der Waals surface area contributed by atoms with Gasteiger partial charge in [-0.25, -0.2) is 8.42 Å². The first-order chi connectivity index (χ1) is 15.8. The minimum Gasteiger partial charge on any atom is -0.350 e. The molecule has 0 radical (unpaired) electrons. The van der Waals surface area contributed by atoms with E-state index in [4.69, 9.17) is 0 Å². The lowest BCUT2D eigenvalue weighted by molar-refractivity contribution is -0.129. The van der Waals surface area contributed by atoms with Gasteiger partial charge in [0.25, 0.3) is 10.0 Å². The third-order valence-electron chi connectivity index (χ3n) is 5.68. The van der Waals surface area contributed by atoms with Crippen molar-refractivity contribution in [1.29, 1.82) is 0 Å². The number of rotatable bonds is 6. The van der Waals surface area contributed by atoms with Crippen molar-refractivity contribution in [3.05, 3.63) is 90.3 Å². The summed E-state index contributed by atoms with van der Waals surface area (Å²) in [5, 5.41) is 7.54. The van der Waals surface area contributed by atoms with E-state index in [9.17, 15) is 18.0 Å². The number of hydrogen-bond acceptors (Lipinski definition) is 4. The molecular weight excluding hydrogens is 438 g/mol. The van der Waals surface area contributed by atoms with Crippen LogP contribution in [0.4, 0.5) is 0 Å². The third kappa shape index (κ3) is 4.75. The van der Waals surface area contributed by atoms with E-state index in [-0.39, 0.29) is 17.4 Å². The van der Waals surface area contributed by atoms with Crippen LogP contribution >= 0.6 is 0 Å². The first kappa shape index (κ1) is 22.5. The van der Waals surface area contributed by atoms with Gasteiger partial charge in [-0.2, -0.15) is 0 Å². The number of hydrogen-bond donors (Lipinski definition) is 2. The Morgan fingerprint density at radius 2 is 1.76 bits per heavy atom. The molecule has 0 saturated heterocycles. The summed E-state index contributed by atoms with van der Waals surface area (Å²) in [6.45, 7) is 3.71. The topological polar surface area (TPSA) is 95.6 Å². The minimum absolute atomic E-state index is 0.0578. The van der Waals surface area contributed by atoms with Crippen LogP contribution in [0.3, 0.4) is 0 Å². The molecule has 1 aliphatic rings. The van der Waals surface area contributed by atoms with Crippen LogP contribution in [0, 0.1) is 6.92 Å². The molecule has 8 heteroatoms. The van der Waals surface area contributed by atoms with E-state index in [0.717, 1.165) is 26.2 Å². The summed E-state index contributed by atoms with van der Waals surface area (Å²) in [7, 11) is -4.01. The molecule has 0 saturated carbocycles. The molecule has 2 N–H and O–H groups in total. The highest BCUT2D eigenvalue weighted by molar-refractivity contribution is 7.89. The van der Waals surface area contributed by atoms with Crippen molar-refractivity contribution >= 4 is 32.6 Å². The quantitative estimate of drug-likeness (QED) is 0.586. The second kappa shape index (κ2) is 9.07. The number of benzene rings is 3. The van der Waals surface area contributed by atoms with Crippen molar-refractivity contribution in [2.24, 2.45) is 0 Å². The lowest BCUT2D eigenvalue weighted by Gasteiger charge is -2.31. The second-order valence-electron chi connectivity index (χ2n) is 8.09. The van der Waals surface area contributed by atoms with Crippen LogP contribution in [0.2, 0.25) is 0 Å². The largest absolute Gasteiger partial charge is 0.350 e. The highest BCUT2D eigenvalue weighted by Crippen LogP contribution is 2.24. The van der Waals surface area contributed by atoms with Gasteiger partial charge in [0.05, 0.1) is 17.4 Å². The van der Waals surface area contributed by atoms with Crippen molar-refractivity contribution in [1.82, 2.24) is 14.9 Å². The maximum absolute atomic E-state index is 13.2. The molecule has 7 nitrogen and oxygen atoms in total. The molecule has 2 atom stereocenters. The van der Waals surface area contributed by atoms with E-state index >= 15 is 0 Å². The number of nitrogens with one attached hydrogen (secondary N) is 2. The molecule has 0 unspecified atom stereocenters. The maximum atomic E-state index is 13.2. The molecule has 0 fully saturated rings. The van der Waals surface area contributed by atoms with Gasteiger partial charge >= 0.3 is 0 Å². The Kier molecular flexibility index (Phi) is 6.20. The molecule has 2 amide bonds. The normalized spacial score (nSPS) is 17.0. The van der Waals surface area contributed by atoms with Crippen LogP contribution in [0.1, 0.15) is 30.5 Å². The fourth-order valence-corrected chi connectivity index (χ4v) is 5.26. The standard InChI is InChI=1S/C25H25N3O4S/c1-17-7-11-22(12-8-17)33(31,32)28-14-13-26-25(30)23(28)16-24(29)27-18(2)20-10-9-19-5-3-4-6-21(19)15-20/h3-15,18,23H,16H2,1-2H3,(H,26,30)(H,27,29)/t18-,23+/m0/s1. The van der Waals surface area contributed by atoms with Gasteiger partial charge in [-0.05, 0) is 48.4 Å². The minimum atomic E-state index is -4.01. The summed E-state index contributed by atoms with van der Waals surface area (Å²) in [4.78, 5) is 25.4. The van der Waals surface area contributed by atoms with E-state index in [1.807, 2.05) is 56.3 Å². The Bertz CT molecular complexity index is 1330. The highest BCUT2D eigenvalue weighted by Gasteiger charge is 2.37. The number of fused-ring (bicyclic) bond motifs is 1. The number of sulfonamides is 1. The lowest BCUT2D eigenvalue weighted by Crippen LogP contribution is -2.51. The van der Waals surface area contributed by atoms with Gasteiger partial charge in [-0.1, -0.05) is 54.1 Å². The van der Waals surface area contributed by atoms with E-state index in [1.54, 1.807) is 12.1 Å². The number of carbonyl (C=O) groups is 2. The summed E-state index contributed by atoms with van der Waals surface area (Å²) in [6.07, 6.45) is 2.24. The Balaban J connectivity index is 1.51. The van der Waals surface area contributed by atoms with Crippen molar-refractivity contribution in [3.63, 3.8) is 0 Å². The van der Waals surface area contributed by atoms with E-state index in [1.165, 1.54) is 24.5 Å². The van der Waals surface area contributed by atoms with Crippen LogP contribution in [-0.4, -0.2) is 30.6 Å². The highest BCUT2D eigenvalue weighted by atomic mass is 32.2. The molecule has 33 heavy (non-hydrogen) atoms. The van der Waals surface area contributed by atoms with Crippen molar-refractivity contribution in [3.8, 4) is 0 Å². The molecule has 0 aliphatic carbocycles. The summed E-state index contributed by atoms with van der Waals surface area (Å²) in [5.74, 6) is -0.975. The molecule has 3 aromatic rings. The third-order valence-corrected chi connectivity index (χ3v) is 7.48. The maximum Gasteiger partial charge on any atom is 0.264 e. The van der Waals surface area contributed by atoms with E-state index < -0.39 is 27.9 Å². The molecule has 4 rings (SSSR count). The summed E-state index contributed by atoms with van der Waals surface area (Å²) in [6, 6.07) is 18.7. The predicted octanol–water partition coefficient (Wildman–Crippen LogP) is 3.38. The zero-order valence-corrected chi connectivity index (χ0v) is 19.2. The van der Waals surface area contributed by atoms with Crippen LogP contribution in [0.5, 0.6) is 0 Å². The Hall–Kier alpha value is -3.65. The molecule has 3 aromatic carbocycles. The number of carbonyl (C=O) groups excluding carboxylic acids is 2. The molecule has 0 aromatic heterocycles. The summed E-state index contributed by atoms with van der Waals surface area (Å²) in [5.41, 5.74) is 1.83. The average molecular weight is 464 g/mol. The molecule has 170 valence electrons. The van der Waals surface area contributed by atoms with Gasteiger partial charge in [0, 0.05) is 12.4 Å². The van der Waals surface area contributed by atoms with Crippen molar-refractivity contribution in [2.75, 3.05) is 0 Å². The molecule has 1 aliphatic heterocycles. The zero-order chi connectivity index (χ0) is 23.6. The molecule has 0 spiro atoms. The average Bonchev–Trinajstić information content (AvgIpc) is 2.80. The number of nitrogens with zero attached hydrogens (tertiary/aromatic N) is 1.